The van der Waals surface area contributed by atoms with Crippen molar-refractivity contribution in [3.8, 4) is 11.4 Å². The number of hydrogen-bond donors (Lipinski definition) is 7. The lowest BCUT2D eigenvalue weighted by Crippen LogP contribution is -2.52. The van der Waals surface area contributed by atoms with Gasteiger partial charge in [-0.3, -0.25) is 28.8 Å². The van der Waals surface area contributed by atoms with E-state index in [0.717, 1.165) is 16.5 Å². The molecule has 5 amide bonds. The highest BCUT2D eigenvalue weighted by molar-refractivity contribution is 5.94. The quantitative estimate of drug-likeness (QED) is 0.0677. The minimum Gasteiger partial charge on any atom is -0.458 e. The van der Waals surface area contributed by atoms with Crippen molar-refractivity contribution in [1.82, 2.24) is 30.8 Å². The molecule has 0 bridgehead atoms. The van der Waals surface area contributed by atoms with Crippen LogP contribution in [-0.4, -0.2) is 82.4 Å². The van der Waals surface area contributed by atoms with E-state index in [2.05, 4.69) is 21.3 Å². The van der Waals surface area contributed by atoms with Gasteiger partial charge in [-0.25, -0.2) is 14.2 Å². The number of carbonyl (C=O) groups is 6. The molecule has 0 radical (unpaired) electrons. The molecule has 320 valence electrons. The van der Waals surface area contributed by atoms with E-state index in [0.29, 0.717) is 46.4 Å². The van der Waals surface area contributed by atoms with Crippen molar-refractivity contribution in [3.63, 3.8) is 0 Å². The molecule has 2 aliphatic heterocycles. The van der Waals surface area contributed by atoms with Crippen LogP contribution in [0.2, 0.25) is 0 Å². The van der Waals surface area contributed by atoms with Crippen LogP contribution in [0.5, 0.6) is 0 Å². The predicted octanol–water partition coefficient (Wildman–Crippen LogP) is -0.232. The summed E-state index contributed by atoms with van der Waals surface area (Å²) in [6.45, 7) is 1.88. The summed E-state index contributed by atoms with van der Waals surface area (Å²) in [5, 5.41) is 22.4. The van der Waals surface area contributed by atoms with E-state index in [4.69, 9.17) is 21.2 Å². The van der Waals surface area contributed by atoms with Crippen molar-refractivity contribution in [2.45, 2.75) is 70.7 Å². The Hall–Kier alpha value is -6.53. The highest BCUT2D eigenvalue weighted by Crippen LogP contribution is 2.45. The SMILES string of the molecule is CC[C@@]1(O)C(=O)OCc2c1cc1n(c2=O)Cc2c-1nc1cc(F)c(C)c3c1c2CC(C(CNC(=O)CNC(=O)[C@H](Cc1ccccc1)NC(=O)CNC(=O)CN)CC(N)=O)C3. The standard InChI is InChI=1S/C43H47FN8O9/c1-3-43(60)29-13-33-39-27(19-52(33)41(58)28(29)20-61-42(43)59)26-11-23(10-25-21(2)30(44)14-31(51-39)38(25)26)24(12-34(46)53)16-47-36(55)17-49-40(57)32(9-22-7-5-4-6-8-22)50-37(56)18-48-35(54)15-45/h4-8,13-14,23-24,32,60H,3,9-12,15-20,45H2,1-2H3,(H2,46,53)(H,47,55)(H,48,54)(H,49,57)(H,50,56)/t23?,24?,32-,43-/m0/s1. The molecule has 4 aromatic rings. The van der Waals surface area contributed by atoms with Crippen molar-refractivity contribution >= 4 is 46.4 Å². The van der Waals surface area contributed by atoms with Crippen LogP contribution in [0.15, 0.2) is 47.3 Å². The molecule has 2 aromatic heterocycles. The zero-order valence-corrected chi connectivity index (χ0v) is 33.7. The summed E-state index contributed by atoms with van der Waals surface area (Å²) in [5.41, 5.74) is 13.3. The summed E-state index contributed by atoms with van der Waals surface area (Å²) in [7, 11) is 0. The number of nitrogens with two attached hydrogens (primary N) is 2. The molecular weight excluding hydrogens is 792 g/mol. The molecule has 0 saturated heterocycles. The fourth-order valence-corrected chi connectivity index (χ4v) is 8.71. The number of esters is 1. The maximum Gasteiger partial charge on any atom is 0.343 e. The lowest BCUT2D eigenvalue weighted by Gasteiger charge is -2.33. The Morgan fingerprint density at radius 1 is 0.984 bits per heavy atom. The second-order valence-corrected chi connectivity index (χ2v) is 15.8. The highest BCUT2D eigenvalue weighted by Gasteiger charge is 2.46. The first kappa shape index (κ1) is 42.6. The van der Waals surface area contributed by atoms with Gasteiger partial charge in [-0.2, -0.15) is 0 Å². The number of aromatic nitrogens is 2. The van der Waals surface area contributed by atoms with E-state index in [1.165, 1.54) is 10.6 Å². The van der Waals surface area contributed by atoms with Crippen LogP contribution in [-0.2, 0) is 71.5 Å². The van der Waals surface area contributed by atoms with Gasteiger partial charge in [0.25, 0.3) is 5.56 Å². The third-order valence-electron chi connectivity index (χ3n) is 12.0. The van der Waals surface area contributed by atoms with Gasteiger partial charge in [-0.1, -0.05) is 37.3 Å². The Morgan fingerprint density at radius 3 is 2.41 bits per heavy atom. The fraction of sp³-hybridized carbons (Fsp3) is 0.395. The molecule has 1 aliphatic carbocycles. The summed E-state index contributed by atoms with van der Waals surface area (Å²) in [6, 6.07) is 10.7. The molecule has 0 spiro atoms. The first-order valence-electron chi connectivity index (χ1n) is 20.1. The van der Waals surface area contributed by atoms with Crippen molar-refractivity contribution in [3.05, 3.63) is 97.6 Å². The largest absolute Gasteiger partial charge is 0.458 e. The fourth-order valence-electron chi connectivity index (χ4n) is 8.71. The molecular formula is C43H47FN8O9. The van der Waals surface area contributed by atoms with Crippen LogP contribution >= 0.6 is 0 Å². The number of benzene rings is 2. The minimum absolute atomic E-state index is 0.0243. The van der Waals surface area contributed by atoms with Gasteiger partial charge in [0.2, 0.25) is 29.5 Å². The Balaban J connectivity index is 1.11. The third-order valence-corrected chi connectivity index (χ3v) is 12.0. The van der Waals surface area contributed by atoms with Gasteiger partial charge >= 0.3 is 5.97 Å². The predicted molar refractivity (Wildman–Crippen MR) is 218 cm³/mol. The average molecular weight is 839 g/mol. The molecule has 61 heavy (non-hydrogen) atoms. The van der Waals surface area contributed by atoms with Crippen molar-refractivity contribution in [2.75, 3.05) is 26.2 Å². The number of aliphatic hydroxyl groups is 1. The molecule has 4 atom stereocenters. The summed E-state index contributed by atoms with van der Waals surface area (Å²) in [4.78, 5) is 94.8. The number of cyclic esters (lactones) is 1. The van der Waals surface area contributed by atoms with E-state index in [1.54, 1.807) is 50.2 Å². The summed E-state index contributed by atoms with van der Waals surface area (Å²) in [6.07, 6.45) is 0.626. The first-order valence-corrected chi connectivity index (χ1v) is 20.1. The van der Waals surface area contributed by atoms with Crippen LogP contribution in [0, 0.1) is 24.6 Å². The van der Waals surface area contributed by atoms with Gasteiger partial charge in [0.1, 0.15) is 18.5 Å². The molecule has 4 heterocycles. The van der Waals surface area contributed by atoms with Gasteiger partial charge in [0, 0.05) is 42.0 Å². The molecule has 0 saturated carbocycles. The zero-order valence-electron chi connectivity index (χ0n) is 33.7. The summed E-state index contributed by atoms with van der Waals surface area (Å²) in [5.74, 6) is -5.27. The number of fused-ring (bicyclic) bond motifs is 5. The van der Waals surface area contributed by atoms with Gasteiger partial charge < -0.3 is 47.1 Å². The number of ether oxygens (including phenoxy) is 1. The van der Waals surface area contributed by atoms with Gasteiger partial charge in [0.15, 0.2) is 5.60 Å². The van der Waals surface area contributed by atoms with Gasteiger partial charge in [0.05, 0.1) is 48.6 Å². The molecule has 9 N–H and O–H groups in total. The lowest BCUT2D eigenvalue weighted by molar-refractivity contribution is -0.172. The number of nitrogens with one attached hydrogen (secondary N) is 4. The van der Waals surface area contributed by atoms with Crippen LogP contribution in [0.1, 0.15) is 58.7 Å². The van der Waals surface area contributed by atoms with Crippen LogP contribution < -0.4 is 38.3 Å². The number of carbonyl (C=O) groups excluding carboxylic acids is 6. The second-order valence-electron chi connectivity index (χ2n) is 15.8. The third kappa shape index (κ3) is 8.32. The smallest absolute Gasteiger partial charge is 0.343 e. The number of hydrogen-bond acceptors (Lipinski definition) is 11. The normalized spacial score (nSPS) is 18.2. The Bertz CT molecular complexity index is 2540. The molecule has 18 heteroatoms. The number of pyridine rings is 2. The first-order chi connectivity index (χ1) is 29.1. The Morgan fingerprint density at radius 2 is 1.70 bits per heavy atom. The number of halogens is 1. The molecule has 2 aromatic carbocycles. The van der Waals surface area contributed by atoms with Crippen LogP contribution in [0.4, 0.5) is 4.39 Å². The Labute approximate surface area is 348 Å². The topological polar surface area (TPSA) is 267 Å². The molecule has 17 nitrogen and oxygen atoms in total. The monoisotopic (exact) mass is 838 g/mol. The van der Waals surface area contributed by atoms with Gasteiger partial charge in [-0.05, 0) is 66.3 Å². The Kier molecular flexibility index (Phi) is 12.0. The molecule has 7 rings (SSSR count). The molecule has 2 unspecified atom stereocenters. The van der Waals surface area contributed by atoms with Crippen molar-refractivity contribution in [1.29, 1.82) is 0 Å². The summed E-state index contributed by atoms with van der Waals surface area (Å²) >= 11 is 0. The maximum absolute atomic E-state index is 15.7. The van der Waals surface area contributed by atoms with E-state index < -0.39 is 77.5 Å². The van der Waals surface area contributed by atoms with E-state index >= 15 is 4.39 Å². The number of rotatable bonds is 15. The second kappa shape index (κ2) is 17.2. The lowest BCUT2D eigenvalue weighted by atomic mass is 9.73. The number of primary amides is 1. The van der Waals surface area contributed by atoms with E-state index in [1.807, 2.05) is 0 Å². The van der Waals surface area contributed by atoms with Crippen LogP contribution in [0.3, 0.4) is 0 Å². The van der Waals surface area contributed by atoms with Crippen molar-refractivity contribution < 1.29 is 43.0 Å². The van der Waals surface area contributed by atoms with E-state index in [9.17, 15) is 38.7 Å². The number of nitrogens with zero attached hydrogens (tertiary/aromatic N) is 2. The van der Waals surface area contributed by atoms with Crippen molar-refractivity contribution in [2.24, 2.45) is 23.3 Å². The van der Waals surface area contributed by atoms with Gasteiger partial charge in [-0.15, -0.1) is 0 Å². The maximum atomic E-state index is 15.7. The zero-order chi connectivity index (χ0) is 43.7. The van der Waals surface area contributed by atoms with E-state index in [-0.39, 0.29) is 62.5 Å². The average Bonchev–Trinajstić information content (AvgIpc) is 3.62. The summed E-state index contributed by atoms with van der Waals surface area (Å²) < 4.78 is 22.4. The number of amides is 5. The molecule has 3 aliphatic rings. The minimum atomic E-state index is -2.03. The molecule has 0 fully saturated rings. The van der Waals surface area contributed by atoms with Crippen LogP contribution in [0.25, 0.3) is 22.3 Å². The highest BCUT2D eigenvalue weighted by atomic mass is 19.1.